The van der Waals surface area contributed by atoms with Crippen LogP contribution in [0.15, 0.2) is 10.6 Å². The second-order valence-electron chi connectivity index (χ2n) is 2.02. The minimum atomic E-state index is -4.53. The molecular formula is C6H3F3N2O. The Kier molecular flexibility index (Phi) is 2.04. The molecule has 0 aliphatic rings. The standard InChI is InChI=1S/C6H3F3N2O/c7-6(8,9)5-3-4(1-2-10)11-12-5/h3H,1H2. The summed E-state index contributed by atoms with van der Waals surface area (Å²) in [6.07, 6.45) is -4.71. The molecule has 0 saturated carbocycles. The van der Waals surface area contributed by atoms with E-state index in [9.17, 15) is 13.2 Å². The predicted octanol–water partition coefficient (Wildman–Crippen LogP) is 1.76. The predicted molar refractivity (Wildman–Crippen MR) is 30.8 cm³/mol. The maximum absolute atomic E-state index is 11.8. The van der Waals surface area contributed by atoms with Crippen molar-refractivity contribution in [3.05, 3.63) is 17.5 Å². The molecule has 3 nitrogen and oxygen atoms in total. The van der Waals surface area contributed by atoms with E-state index in [0.29, 0.717) is 6.07 Å². The highest BCUT2D eigenvalue weighted by atomic mass is 19.4. The Hall–Kier alpha value is -1.51. The van der Waals surface area contributed by atoms with Crippen LogP contribution in [0.5, 0.6) is 0 Å². The molecule has 0 saturated heterocycles. The first kappa shape index (κ1) is 8.59. The van der Waals surface area contributed by atoms with Crippen molar-refractivity contribution in [2.45, 2.75) is 12.6 Å². The second-order valence-corrected chi connectivity index (χ2v) is 2.02. The van der Waals surface area contributed by atoms with Gasteiger partial charge in [0, 0.05) is 6.07 Å². The van der Waals surface area contributed by atoms with Gasteiger partial charge in [0.15, 0.2) is 0 Å². The maximum atomic E-state index is 11.8. The van der Waals surface area contributed by atoms with Gasteiger partial charge in [0.25, 0.3) is 0 Å². The SMILES string of the molecule is N#CCc1cc(C(F)(F)F)on1. The zero-order valence-corrected chi connectivity index (χ0v) is 5.72. The highest BCUT2D eigenvalue weighted by Crippen LogP contribution is 2.29. The Morgan fingerprint density at radius 2 is 2.25 bits per heavy atom. The normalized spacial score (nSPS) is 11.2. The van der Waals surface area contributed by atoms with Crippen LogP contribution in [-0.2, 0) is 12.6 Å². The van der Waals surface area contributed by atoms with Crippen molar-refractivity contribution in [2.24, 2.45) is 0 Å². The Balaban J connectivity index is 2.86. The molecule has 1 aromatic rings. The van der Waals surface area contributed by atoms with Gasteiger partial charge in [0.05, 0.1) is 18.2 Å². The van der Waals surface area contributed by atoms with Gasteiger partial charge in [-0.3, -0.25) is 0 Å². The van der Waals surface area contributed by atoms with E-state index in [2.05, 4.69) is 9.68 Å². The number of aromatic nitrogens is 1. The van der Waals surface area contributed by atoms with Crippen molar-refractivity contribution in [3.8, 4) is 6.07 Å². The summed E-state index contributed by atoms with van der Waals surface area (Å²) in [5.74, 6) is -1.17. The summed E-state index contributed by atoms with van der Waals surface area (Å²) >= 11 is 0. The Morgan fingerprint density at radius 3 is 2.67 bits per heavy atom. The summed E-state index contributed by atoms with van der Waals surface area (Å²) in [5.41, 5.74) is -0.00942. The Morgan fingerprint density at radius 1 is 1.58 bits per heavy atom. The fourth-order valence-electron chi connectivity index (χ4n) is 0.610. The van der Waals surface area contributed by atoms with Crippen LogP contribution in [0, 0.1) is 11.3 Å². The van der Waals surface area contributed by atoms with Crippen molar-refractivity contribution in [1.82, 2.24) is 5.16 Å². The van der Waals surface area contributed by atoms with E-state index in [-0.39, 0.29) is 12.1 Å². The summed E-state index contributed by atoms with van der Waals surface area (Å²) in [4.78, 5) is 0. The zero-order chi connectivity index (χ0) is 9.19. The van der Waals surface area contributed by atoms with Crippen LogP contribution in [0.1, 0.15) is 11.5 Å². The van der Waals surface area contributed by atoms with Gasteiger partial charge >= 0.3 is 6.18 Å². The van der Waals surface area contributed by atoms with Crippen molar-refractivity contribution < 1.29 is 17.7 Å². The van der Waals surface area contributed by atoms with Crippen molar-refractivity contribution in [2.75, 3.05) is 0 Å². The second kappa shape index (κ2) is 2.85. The first-order valence-corrected chi connectivity index (χ1v) is 2.94. The maximum Gasteiger partial charge on any atom is 0.452 e. The van der Waals surface area contributed by atoms with Gasteiger partial charge < -0.3 is 4.52 Å². The lowest BCUT2D eigenvalue weighted by molar-refractivity contribution is -0.155. The van der Waals surface area contributed by atoms with E-state index < -0.39 is 11.9 Å². The van der Waals surface area contributed by atoms with Crippen LogP contribution in [0.2, 0.25) is 0 Å². The quantitative estimate of drug-likeness (QED) is 0.654. The third kappa shape index (κ3) is 1.75. The molecule has 0 unspecified atom stereocenters. The van der Waals surface area contributed by atoms with E-state index in [1.165, 1.54) is 0 Å². The van der Waals surface area contributed by atoms with Crippen LogP contribution in [0.25, 0.3) is 0 Å². The molecule has 1 rings (SSSR count). The highest BCUT2D eigenvalue weighted by Gasteiger charge is 2.35. The molecule has 0 spiro atoms. The van der Waals surface area contributed by atoms with Crippen molar-refractivity contribution in [1.29, 1.82) is 5.26 Å². The molecule has 0 amide bonds. The smallest absolute Gasteiger partial charge is 0.351 e. The Bertz CT molecular complexity index is 309. The molecule has 0 N–H and O–H groups in total. The third-order valence-electron chi connectivity index (χ3n) is 1.10. The van der Waals surface area contributed by atoms with Crippen molar-refractivity contribution in [3.63, 3.8) is 0 Å². The molecule has 6 heteroatoms. The molecule has 0 radical (unpaired) electrons. The summed E-state index contributed by atoms with van der Waals surface area (Å²) in [5, 5.41) is 11.2. The minimum absolute atomic E-state index is 0.00942. The fraction of sp³-hybridized carbons (Fsp3) is 0.333. The molecule has 64 valence electrons. The Labute approximate surface area is 65.4 Å². The number of alkyl halides is 3. The van der Waals surface area contributed by atoms with Crippen LogP contribution in [-0.4, -0.2) is 5.16 Å². The van der Waals surface area contributed by atoms with Crippen LogP contribution < -0.4 is 0 Å². The fourth-order valence-corrected chi connectivity index (χ4v) is 0.610. The number of rotatable bonds is 1. The first-order chi connectivity index (χ1) is 5.54. The van der Waals surface area contributed by atoms with Gasteiger partial charge in [-0.15, -0.1) is 0 Å². The van der Waals surface area contributed by atoms with Gasteiger partial charge in [0.1, 0.15) is 0 Å². The third-order valence-corrected chi connectivity index (χ3v) is 1.10. The minimum Gasteiger partial charge on any atom is -0.351 e. The topological polar surface area (TPSA) is 49.8 Å². The lowest BCUT2D eigenvalue weighted by atomic mass is 10.3. The van der Waals surface area contributed by atoms with Gasteiger partial charge in [-0.05, 0) is 0 Å². The van der Waals surface area contributed by atoms with Crippen LogP contribution >= 0.6 is 0 Å². The molecule has 0 aliphatic carbocycles. The van der Waals surface area contributed by atoms with Gasteiger partial charge in [0.2, 0.25) is 5.76 Å². The summed E-state index contributed by atoms with van der Waals surface area (Å²) in [6.45, 7) is 0. The number of halogens is 3. The number of hydrogen-bond donors (Lipinski definition) is 0. The highest BCUT2D eigenvalue weighted by molar-refractivity contribution is 5.11. The zero-order valence-electron chi connectivity index (χ0n) is 5.72. The van der Waals surface area contributed by atoms with Gasteiger partial charge in [-0.25, -0.2) is 0 Å². The molecular weight excluding hydrogens is 173 g/mol. The molecule has 1 aromatic heterocycles. The molecule has 0 fully saturated rings. The van der Waals surface area contributed by atoms with Crippen LogP contribution in [0.3, 0.4) is 0 Å². The van der Waals surface area contributed by atoms with Gasteiger partial charge in [-0.2, -0.15) is 18.4 Å². The molecule has 0 atom stereocenters. The summed E-state index contributed by atoms with van der Waals surface area (Å²) < 4.78 is 39.4. The summed E-state index contributed by atoms with van der Waals surface area (Å²) in [7, 11) is 0. The monoisotopic (exact) mass is 176 g/mol. The average molecular weight is 176 g/mol. The van der Waals surface area contributed by atoms with Gasteiger partial charge in [-0.1, -0.05) is 5.16 Å². The molecule has 12 heavy (non-hydrogen) atoms. The number of hydrogen-bond acceptors (Lipinski definition) is 3. The van der Waals surface area contributed by atoms with E-state index in [4.69, 9.17) is 5.26 Å². The number of nitrogens with zero attached hydrogens (tertiary/aromatic N) is 2. The van der Waals surface area contributed by atoms with E-state index in [1.807, 2.05) is 0 Å². The lowest BCUT2D eigenvalue weighted by Gasteiger charge is -1.97. The van der Waals surface area contributed by atoms with Crippen LogP contribution in [0.4, 0.5) is 13.2 Å². The molecule has 1 heterocycles. The number of nitriles is 1. The molecule has 0 bridgehead atoms. The van der Waals surface area contributed by atoms with E-state index >= 15 is 0 Å². The molecule has 0 aliphatic heterocycles. The molecule has 0 aromatic carbocycles. The van der Waals surface area contributed by atoms with E-state index in [1.54, 1.807) is 6.07 Å². The van der Waals surface area contributed by atoms with Crippen molar-refractivity contribution >= 4 is 0 Å². The lowest BCUT2D eigenvalue weighted by Crippen LogP contribution is -2.02. The summed E-state index contributed by atoms with van der Waals surface area (Å²) in [6, 6.07) is 2.37. The average Bonchev–Trinajstić information content (AvgIpc) is 2.35. The largest absolute Gasteiger partial charge is 0.452 e. The first-order valence-electron chi connectivity index (χ1n) is 2.94. The van der Waals surface area contributed by atoms with E-state index in [0.717, 1.165) is 0 Å².